The van der Waals surface area contributed by atoms with Gasteiger partial charge in [0.2, 0.25) is 11.8 Å². The second kappa shape index (κ2) is 7.76. The van der Waals surface area contributed by atoms with E-state index in [-0.39, 0.29) is 24.4 Å². The van der Waals surface area contributed by atoms with Gasteiger partial charge in [-0.2, -0.15) is 13.2 Å². The Labute approximate surface area is 163 Å². The Morgan fingerprint density at radius 1 is 1.21 bits per heavy atom. The van der Waals surface area contributed by atoms with Crippen LogP contribution >= 0.6 is 0 Å². The maximum Gasteiger partial charge on any atom is 0.416 e. The molecule has 2 fully saturated rings. The smallest absolute Gasteiger partial charge is 0.337 e. The number of hydrogen-bond donors (Lipinski definition) is 0. The van der Waals surface area contributed by atoms with E-state index in [2.05, 4.69) is 0 Å². The third-order valence-corrected chi connectivity index (χ3v) is 6.23. The summed E-state index contributed by atoms with van der Waals surface area (Å²) in [5, 5.41) is 0. The van der Waals surface area contributed by atoms with Gasteiger partial charge in [0.25, 0.3) is 0 Å². The fourth-order valence-corrected chi connectivity index (χ4v) is 4.57. The average Bonchev–Trinajstić information content (AvgIpc) is 2.98. The van der Waals surface area contributed by atoms with Gasteiger partial charge in [-0.05, 0) is 43.9 Å². The molecule has 4 nitrogen and oxygen atoms in total. The van der Waals surface area contributed by atoms with Gasteiger partial charge in [-0.1, -0.05) is 25.5 Å². The SMILES string of the molecule is CCC(=O)N1CC[C@]2(C)[C@H]1CCCCC(=O)N2Cc1ccc(C(F)(F)F)cc1. The lowest BCUT2D eigenvalue weighted by Crippen LogP contribution is -2.58. The highest BCUT2D eigenvalue weighted by atomic mass is 19.4. The van der Waals surface area contributed by atoms with Gasteiger partial charge in [0.1, 0.15) is 0 Å². The van der Waals surface area contributed by atoms with Crippen molar-refractivity contribution in [2.24, 2.45) is 0 Å². The molecule has 0 aliphatic carbocycles. The van der Waals surface area contributed by atoms with E-state index in [9.17, 15) is 22.8 Å². The summed E-state index contributed by atoms with van der Waals surface area (Å²) in [7, 11) is 0. The van der Waals surface area contributed by atoms with Crippen LogP contribution in [0.3, 0.4) is 0 Å². The fraction of sp³-hybridized carbons (Fsp3) is 0.619. The van der Waals surface area contributed by atoms with Crippen molar-refractivity contribution in [1.29, 1.82) is 0 Å². The van der Waals surface area contributed by atoms with Crippen molar-refractivity contribution in [3.05, 3.63) is 35.4 Å². The normalized spacial score (nSPS) is 26.0. The number of halogens is 3. The van der Waals surface area contributed by atoms with Crippen molar-refractivity contribution < 1.29 is 22.8 Å². The first-order valence-corrected chi connectivity index (χ1v) is 9.93. The summed E-state index contributed by atoms with van der Waals surface area (Å²) in [6, 6.07) is 4.96. The monoisotopic (exact) mass is 396 g/mol. The highest BCUT2D eigenvalue weighted by molar-refractivity contribution is 5.79. The van der Waals surface area contributed by atoms with Crippen LogP contribution in [0, 0.1) is 0 Å². The Morgan fingerprint density at radius 3 is 2.50 bits per heavy atom. The fourth-order valence-electron chi connectivity index (χ4n) is 4.57. The lowest BCUT2D eigenvalue weighted by Gasteiger charge is -2.45. The van der Waals surface area contributed by atoms with Crippen LogP contribution in [0.4, 0.5) is 13.2 Å². The Kier molecular flexibility index (Phi) is 5.73. The quantitative estimate of drug-likeness (QED) is 0.761. The molecule has 28 heavy (non-hydrogen) atoms. The minimum Gasteiger partial charge on any atom is -0.337 e. The number of benzene rings is 1. The highest BCUT2D eigenvalue weighted by Gasteiger charge is 2.50. The Hall–Kier alpha value is -2.05. The molecular weight excluding hydrogens is 369 g/mol. The number of carbonyl (C=O) groups is 2. The minimum atomic E-state index is -4.38. The van der Waals surface area contributed by atoms with Crippen molar-refractivity contribution in [2.75, 3.05) is 6.54 Å². The third kappa shape index (κ3) is 3.89. The highest BCUT2D eigenvalue weighted by Crippen LogP contribution is 2.40. The molecule has 2 heterocycles. The van der Waals surface area contributed by atoms with Crippen molar-refractivity contribution in [1.82, 2.24) is 9.80 Å². The zero-order chi connectivity index (χ0) is 20.5. The predicted molar refractivity (Wildman–Crippen MR) is 99.3 cm³/mol. The molecular formula is C21H27F3N2O2. The van der Waals surface area contributed by atoms with E-state index in [0.717, 1.165) is 31.4 Å². The number of alkyl halides is 3. The first kappa shape index (κ1) is 20.7. The molecule has 2 amide bonds. The first-order chi connectivity index (χ1) is 13.2. The predicted octanol–water partition coefficient (Wildman–Crippen LogP) is 4.38. The van der Waals surface area contributed by atoms with Crippen LogP contribution in [0.2, 0.25) is 0 Å². The summed E-state index contributed by atoms with van der Waals surface area (Å²) >= 11 is 0. The maximum absolute atomic E-state index is 12.9. The molecule has 2 aliphatic rings. The van der Waals surface area contributed by atoms with Gasteiger partial charge in [0, 0.05) is 25.9 Å². The van der Waals surface area contributed by atoms with Crippen molar-refractivity contribution in [3.8, 4) is 0 Å². The third-order valence-electron chi connectivity index (χ3n) is 6.23. The summed E-state index contributed by atoms with van der Waals surface area (Å²) < 4.78 is 38.5. The number of rotatable bonds is 3. The van der Waals surface area contributed by atoms with Gasteiger partial charge < -0.3 is 9.80 Å². The first-order valence-electron chi connectivity index (χ1n) is 9.93. The molecule has 2 atom stereocenters. The molecule has 154 valence electrons. The summed E-state index contributed by atoms with van der Waals surface area (Å²) in [4.78, 5) is 29.0. The lowest BCUT2D eigenvalue weighted by molar-refractivity contribution is -0.143. The molecule has 1 aromatic carbocycles. The van der Waals surface area contributed by atoms with Crippen LogP contribution in [0.5, 0.6) is 0 Å². The summed E-state index contributed by atoms with van der Waals surface area (Å²) in [5.41, 5.74) is -0.521. The molecule has 2 aliphatic heterocycles. The molecule has 0 N–H and O–H groups in total. The van der Waals surface area contributed by atoms with Gasteiger partial charge in [-0.25, -0.2) is 0 Å². The Morgan fingerprint density at radius 2 is 1.89 bits per heavy atom. The van der Waals surface area contributed by atoms with E-state index < -0.39 is 17.3 Å². The summed E-state index contributed by atoms with van der Waals surface area (Å²) in [6.45, 7) is 4.74. The molecule has 0 spiro atoms. The Bertz CT molecular complexity index is 732. The van der Waals surface area contributed by atoms with E-state index in [1.807, 2.05) is 23.6 Å². The maximum atomic E-state index is 12.9. The molecule has 0 unspecified atom stereocenters. The molecule has 0 aromatic heterocycles. The van der Waals surface area contributed by atoms with Gasteiger partial charge in [0.15, 0.2) is 0 Å². The van der Waals surface area contributed by atoms with Crippen LogP contribution < -0.4 is 0 Å². The van der Waals surface area contributed by atoms with E-state index in [4.69, 9.17) is 0 Å². The van der Waals surface area contributed by atoms with Crippen LogP contribution in [0.25, 0.3) is 0 Å². The number of nitrogens with zero attached hydrogens (tertiary/aromatic N) is 2. The average molecular weight is 396 g/mol. The van der Waals surface area contributed by atoms with E-state index in [0.29, 0.717) is 31.4 Å². The van der Waals surface area contributed by atoms with Crippen molar-refractivity contribution in [3.63, 3.8) is 0 Å². The topological polar surface area (TPSA) is 40.6 Å². The number of amides is 2. The van der Waals surface area contributed by atoms with Gasteiger partial charge in [-0.3, -0.25) is 9.59 Å². The minimum absolute atomic E-state index is 0.0119. The van der Waals surface area contributed by atoms with E-state index in [1.54, 1.807) is 0 Å². The molecule has 3 rings (SSSR count). The van der Waals surface area contributed by atoms with Crippen LogP contribution in [0.15, 0.2) is 24.3 Å². The van der Waals surface area contributed by atoms with Gasteiger partial charge in [-0.15, -0.1) is 0 Å². The van der Waals surface area contributed by atoms with E-state index >= 15 is 0 Å². The second-order valence-corrected chi connectivity index (χ2v) is 7.98. The molecule has 0 bridgehead atoms. The lowest BCUT2D eigenvalue weighted by atomic mass is 9.84. The van der Waals surface area contributed by atoms with Crippen LogP contribution in [0.1, 0.15) is 63.5 Å². The Balaban J connectivity index is 1.88. The molecule has 1 aromatic rings. The van der Waals surface area contributed by atoms with E-state index in [1.165, 1.54) is 12.1 Å². The standard InChI is InChI=1S/C21H27F3N2O2/c1-3-18(27)25-13-12-20(2)17(25)6-4-5-7-19(28)26(20)14-15-8-10-16(11-9-15)21(22,23)24/h8-11,17H,3-7,12-14H2,1-2H3/t17-,20-/m1/s1. The molecule has 2 saturated heterocycles. The van der Waals surface area contributed by atoms with Crippen molar-refractivity contribution in [2.45, 2.75) is 76.7 Å². The largest absolute Gasteiger partial charge is 0.416 e. The zero-order valence-electron chi connectivity index (χ0n) is 16.4. The summed E-state index contributed by atoms with van der Waals surface area (Å²) in [5.74, 6) is 0.106. The van der Waals surface area contributed by atoms with Gasteiger partial charge in [0.05, 0.1) is 17.1 Å². The van der Waals surface area contributed by atoms with Crippen LogP contribution in [-0.2, 0) is 22.3 Å². The number of fused-ring (bicyclic) bond motifs is 1. The molecule has 0 saturated carbocycles. The number of hydrogen-bond acceptors (Lipinski definition) is 2. The second-order valence-electron chi connectivity index (χ2n) is 7.98. The number of likely N-dealkylation sites (tertiary alicyclic amines) is 2. The van der Waals surface area contributed by atoms with Crippen LogP contribution in [-0.4, -0.2) is 39.7 Å². The van der Waals surface area contributed by atoms with Gasteiger partial charge >= 0.3 is 6.18 Å². The molecule has 7 heteroatoms. The number of carbonyl (C=O) groups excluding carboxylic acids is 2. The molecule has 0 radical (unpaired) electrons. The van der Waals surface area contributed by atoms with Crippen molar-refractivity contribution >= 4 is 11.8 Å². The zero-order valence-corrected chi connectivity index (χ0v) is 16.4. The summed E-state index contributed by atoms with van der Waals surface area (Å²) in [6.07, 6.45) is -0.311.